The summed E-state index contributed by atoms with van der Waals surface area (Å²) < 4.78 is 0. The number of hydrogen-bond donors (Lipinski definition) is 1. The van der Waals surface area contributed by atoms with Crippen molar-refractivity contribution in [3.05, 3.63) is 63.7 Å². The van der Waals surface area contributed by atoms with Crippen LogP contribution in [0.15, 0.2) is 47.4 Å². The zero-order chi connectivity index (χ0) is 22.0. The summed E-state index contributed by atoms with van der Waals surface area (Å²) in [5, 5.41) is 13.5. The summed E-state index contributed by atoms with van der Waals surface area (Å²) in [5.74, 6) is -2.29. The van der Waals surface area contributed by atoms with Gasteiger partial charge in [0, 0.05) is 30.7 Å². The van der Waals surface area contributed by atoms with Gasteiger partial charge in [-0.05, 0) is 42.1 Å². The molecule has 1 heterocycles. The fourth-order valence-electron chi connectivity index (χ4n) is 2.75. The lowest BCUT2D eigenvalue weighted by Crippen LogP contribution is -2.37. The van der Waals surface area contributed by atoms with Gasteiger partial charge in [-0.3, -0.25) is 34.2 Å². The summed E-state index contributed by atoms with van der Waals surface area (Å²) in [4.78, 5) is 62.1. The normalized spacial score (nSPS) is 12.5. The zero-order valence-electron chi connectivity index (χ0n) is 15.9. The Morgan fingerprint density at radius 2 is 1.77 bits per heavy atom. The van der Waals surface area contributed by atoms with Crippen LogP contribution in [0.1, 0.15) is 20.7 Å². The van der Waals surface area contributed by atoms with Crippen LogP contribution in [0.3, 0.4) is 0 Å². The molecule has 0 unspecified atom stereocenters. The van der Waals surface area contributed by atoms with Crippen LogP contribution in [-0.2, 0) is 4.79 Å². The van der Waals surface area contributed by atoms with Crippen molar-refractivity contribution in [1.29, 1.82) is 0 Å². The monoisotopic (exact) mass is 428 g/mol. The third-order valence-electron chi connectivity index (χ3n) is 4.18. The molecule has 0 radical (unpaired) electrons. The number of nitro groups is 1. The van der Waals surface area contributed by atoms with Crippen molar-refractivity contribution in [3.63, 3.8) is 0 Å². The van der Waals surface area contributed by atoms with E-state index in [0.29, 0.717) is 15.5 Å². The fraction of sp³-hybridized carbons (Fsp3) is 0.158. The number of fused-ring (bicyclic) bond motifs is 1. The number of nitrogens with zero attached hydrogens (tertiary/aromatic N) is 3. The Bertz CT molecular complexity index is 1070. The number of imide groups is 1. The Morgan fingerprint density at radius 1 is 1.10 bits per heavy atom. The van der Waals surface area contributed by atoms with E-state index < -0.39 is 34.9 Å². The molecule has 0 atom stereocenters. The Labute approximate surface area is 175 Å². The lowest BCUT2D eigenvalue weighted by atomic mass is 10.1. The highest BCUT2D eigenvalue weighted by Crippen LogP contribution is 2.30. The molecule has 3 rings (SSSR count). The number of carbonyl (C=O) groups excluding carboxylic acids is 4. The van der Waals surface area contributed by atoms with Crippen molar-refractivity contribution in [1.82, 2.24) is 9.80 Å². The van der Waals surface area contributed by atoms with Gasteiger partial charge in [-0.1, -0.05) is 6.07 Å². The minimum absolute atomic E-state index is 0.103. The SMILES string of the molecule is CN(C)C(=O)Sc1ccc(NC(=O)CN2C(=O)c3cccc([N+](=O)[O-])c3C2=O)cc1. The van der Waals surface area contributed by atoms with Gasteiger partial charge in [-0.2, -0.15) is 0 Å². The Kier molecular flexibility index (Phi) is 5.83. The van der Waals surface area contributed by atoms with Crippen molar-refractivity contribution in [2.24, 2.45) is 0 Å². The molecule has 0 aliphatic carbocycles. The molecule has 2 aromatic carbocycles. The van der Waals surface area contributed by atoms with Gasteiger partial charge >= 0.3 is 0 Å². The maximum atomic E-state index is 12.5. The van der Waals surface area contributed by atoms with Crippen molar-refractivity contribution >= 4 is 46.1 Å². The maximum Gasteiger partial charge on any atom is 0.285 e. The van der Waals surface area contributed by atoms with Gasteiger partial charge in [0.2, 0.25) is 5.91 Å². The molecule has 1 N–H and O–H groups in total. The lowest BCUT2D eigenvalue weighted by Gasteiger charge is -2.14. The molecule has 0 fully saturated rings. The van der Waals surface area contributed by atoms with Crippen LogP contribution in [-0.4, -0.2) is 58.3 Å². The minimum atomic E-state index is -0.883. The molecular formula is C19H16N4O6S. The van der Waals surface area contributed by atoms with Crippen molar-refractivity contribution in [2.45, 2.75) is 4.90 Å². The molecule has 1 aliphatic heterocycles. The van der Waals surface area contributed by atoms with Crippen LogP contribution in [0.5, 0.6) is 0 Å². The number of anilines is 1. The smallest absolute Gasteiger partial charge is 0.285 e. The van der Waals surface area contributed by atoms with Crippen LogP contribution >= 0.6 is 11.8 Å². The fourth-order valence-corrected chi connectivity index (χ4v) is 3.41. The molecule has 2 aromatic rings. The zero-order valence-corrected chi connectivity index (χ0v) is 16.8. The van der Waals surface area contributed by atoms with E-state index in [0.717, 1.165) is 17.8 Å². The van der Waals surface area contributed by atoms with Crippen molar-refractivity contribution in [3.8, 4) is 0 Å². The van der Waals surface area contributed by atoms with Crippen molar-refractivity contribution < 1.29 is 24.1 Å². The van der Waals surface area contributed by atoms with Gasteiger partial charge < -0.3 is 10.2 Å². The number of thioether (sulfide) groups is 1. The predicted octanol–water partition coefficient (Wildman–Crippen LogP) is 2.60. The highest BCUT2D eigenvalue weighted by molar-refractivity contribution is 8.13. The molecular weight excluding hydrogens is 412 g/mol. The minimum Gasteiger partial charge on any atom is -0.339 e. The molecule has 11 heteroatoms. The first-order chi connectivity index (χ1) is 14.2. The lowest BCUT2D eigenvalue weighted by molar-refractivity contribution is -0.385. The first kappa shape index (κ1) is 21.0. The van der Waals surface area contributed by atoms with Gasteiger partial charge in [-0.15, -0.1) is 0 Å². The molecule has 4 amide bonds. The number of amides is 4. The molecule has 0 bridgehead atoms. The van der Waals surface area contributed by atoms with Crippen LogP contribution in [0.25, 0.3) is 0 Å². The van der Waals surface area contributed by atoms with Crippen LogP contribution in [0.2, 0.25) is 0 Å². The summed E-state index contributed by atoms with van der Waals surface area (Å²) in [6, 6.07) is 10.2. The topological polar surface area (TPSA) is 130 Å². The van der Waals surface area contributed by atoms with E-state index in [2.05, 4.69) is 5.32 Å². The largest absolute Gasteiger partial charge is 0.339 e. The van der Waals surface area contributed by atoms with E-state index in [9.17, 15) is 29.3 Å². The van der Waals surface area contributed by atoms with E-state index in [1.165, 1.54) is 17.0 Å². The number of rotatable bonds is 5. The van der Waals surface area contributed by atoms with E-state index >= 15 is 0 Å². The second-order valence-electron chi connectivity index (χ2n) is 6.49. The predicted molar refractivity (Wildman–Crippen MR) is 108 cm³/mol. The summed E-state index contributed by atoms with van der Waals surface area (Å²) >= 11 is 1.02. The first-order valence-electron chi connectivity index (χ1n) is 8.61. The quantitative estimate of drug-likeness (QED) is 0.335. The highest BCUT2D eigenvalue weighted by atomic mass is 32.2. The molecule has 0 aromatic heterocycles. The van der Waals surface area contributed by atoms with Gasteiger partial charge in [-0.25, -0.2) is 0 Å². The number of carbonyl (C=O) groups is 4. The number of hydrogen-bond acceptors (Lipinski definition) is 7. The average molecular weight is 428 g/mol. The first-order valence-corrected chi connectivity index (χ1v) is 9.43. The molecule has 154 valence electrons. The second-order valence-corrected chi connectivity index (χ2v) is 7.51. The molecule has 10 nitrogen and oxygen atoms in total. The van der Waals surface area contributed by atoms with Crippen LogP contribution < -0.4 is 5.32 Å². The second kappa shape index (κ2) is 8.33. The summed E-state index contributed by atoms with van der Waals surface area (Å²) in [6.45, 7) is -0.584. The number of nitrogens with one attached hydrogen (secondary N) is 1. The third-order valence-corrected chi connectivity index (χ3v) is 5.23. The maximum absolute atomic E-state index is 12.5. The van der Waals surface area contributed by atoms with Crippen LogP contribution in [0, 0.1) is 10.1 Å². The van der Waals surface area contributed by atoms with Gasteiger partial charge in [0.15, 0.2) is 0 Å². The summed E-state index contributed by atoms with van der Waals surface area (Å²) in [5.41, 5.74) is -0.487. The Hall–Kier alpha value is -3.73. The van der Waals surface area contributed by atoms with E-state index in [-0.39, 0.29) is 16.4 Å². The van der Waals surface area contributed by atoms with Crippen LogP contribution in [0.4, 0.5) is 16.2 Å². The number of nitro benzene ring substituents is 1. The van der Waals surface area contributed by atoms with Gasteiger partial charge in [0.05, 0.1) is 10.5 Å². The number of benzene rings is 2. The third kappa shape index (κ3) is 4.15. The molecule has 0 spiro atoms. The highest BCUT2D eigenvalue weighted by Gasteiger charge is 2.41. The van der Waals surface area contributed by atoms with Gasteiger partial charge in [0.1, 0.15) is 12.1 Å². The Morgan fingerprint density at radius 3 is 2.37 bits per heavy atom. The van der Waals surface area contributed by atoms with Gasteiger partial charge in [0.25, 0.3) is 22.7 Å². The molecule has 0 saturated carbocycles. The average Bonchev–Trinajstić information content (AvgIpc) is 2.94. The standard InChI is InChI=1S/C19H16N4O6S/c1-21(2)19(27)30-12-8-6-11(7-9-12)20-15(24)10-22-17(25)13-4-3-5-14(23(28)29)16(13)18(22)26/h3-9H,10H2,1-2H3,(H,20,24). The molecule has 1 aliphatic rings. The van der Waals surface area contributed by atoms with E-state index in [1.54, 1.807) is 38.4 Å². The van der Waals surface area contributed by atoms with E-state index in [4.69, 9.17) is 0 Å². The summed E-state index contributed by atoms with van der Waals surface area (Å²) in [7, 11) is 3.27. The molecule has 30 heavy (non-hydrogen) atoms. The van der Waals surface area contributed by atoms with Crippen molar-refractivity contribution in [2.75, 3.05) is 26.0 Å². The Balaban J connectivity index is 1.68. The summed E-state index contributed by atoms with van der Waals surface area (Å²) in [6.07, 6.45) is 0. The van der Waals surface area contributed by atoms with E-state index in [1.807, 2.05) is 0 Å². The molecule has 0 saturated heterocycles.